The minimum Gasteiger partial charge on any atom is -0.398 e. The molecule has 4 heteroatoms. The summed E-state index contributed by atoms with van der Waals surface area (Å²) in [5.74, 6) is -0.147. The summed E-state index contributed by atoms with van der Waals surface area (Å²) in [6.45, 7) is 0.618. The maximum atomic E-state index is 12.5. The molecule has 0 saturated heterocycles. The number of hydrogen-bond acceptors (Lipinski definition) is 4. The fourth-order valence-corrected chi connectivity index (χ4v) is 2.32. The maximum Gasteiger partial charge on any atom is 0.175 e. The summed E-state index contributed by atoms with van der Waals surface area (Å²) >= 11 is 0. The van der Waals surface area contributed by atoms with Gasteiger partial charge in [-0.05, 0) is 17.7 Å². The number of aromatic nitrogens is 1. The van der Waals surface area contributed by atoms with E-state index in [0.29, 0.717) is 17.8 Å². The Morgan fingerprint density at radius 3 is 3.00 bits per heavy atom. The minimum atomic E-state index is -0.173. The Hall–Kier alpha value is -2.36. The van der Waals surface area contributed by atoms with Gasteiger partial charge in [-0.2, -0.15) is 0 Å². The van der Waals surface area contributed by atoms with Gasteiger partial charge in [0, 0.05) is 30.3 Å². The van der Waals surface area contributed by atoms with Crippen molar-refractivity contribution in [2.75, 3.05) is 17.6 Å². The van der Waals surface area contributed by atoms with Crippen molar-refractivity contribution in [3.8, 4) is 0 Å². The molecule has 1 aliphatic rings. The monoisotopic (exact) mass is 239 g/mol. The fourth-order valence-electron chi connectivity index (χ4n) is 2.32. The molecular weight excluding hydrogens is 226 g/mol. The normalized spacial score (nSPS) is 17.0. The first-order chi connectivity index (χ1) is 8.77. The maximum absolute atomic E-state index is 12.5. The Labute approximate surface area is 105 Å². The zero-order chi connectivity index (χ0) is 12.5. The van der Waals surface area contributed by atoms with Gasteiger partial charge in [0.05, 0.1) is 11.5 Å². The van der Waals surface area contributed by atoms with E-state index in [1.165, 1.54) is 0 Å². The molecule has 1 atom stereocenters. The van der Waals surface area contributed by atoms with E-state index in [1.54, 1.807) is 18.5 Å². The molecule has 3 rings (SSSR count). The number of benzene rings is 1. The summed E-state index contributed by atoms with van der Waals surface area (Å²) < 4.78 is 0. The molecular formula is C14H13N3O. The first-order valence-corrected chi connectivity index (χ1v) is 5.84. The number of nitrogen functional groups attached to an aromatic ring is 1. The van der Waals surface area contributed by atoms with Crippen LogP contribution >= 0.6 is 0 Å². The Balaban J connectivity index is 1.99. The number of pyridine rings is 1. The van der Waals surface area contributed by atoms with Gasteiger partial charge >= 0.3 is 0 Å². The molecule has 3 N–H and O–H groups in total. The molecule has 1 unspecified atom stereocenters. The smallest absolute Gasteiger partial charge is 0.175 e. The number of rotatable bonds is 2. The van der Waals surface area contributed by atoms with Crippen molar-refractivity contribution in [2.24, 2.45) is 0 Å². The highest BCUT2D eigenvalue weighted by atomic mass is 16.1. The van der Waals surface area contributed by atoms with Crippen molar-refractivity contribution in [3.63, 3.8) is 0 Å². The number of nitrogens with two attached hydrogens (primary N) is 1. The molecule has 90 valence electrons. The third-order valence-electron chi connectivity index (χ3n) is 3.27. The summed E-state index contributed by atoms with van der Waals surface area (Å²) in [5.41, 5.74) is 8.87. The third kappa shape index (κ3) is 1.62. The SMILES string of the molecule is Nc1ccncc1C(=O)C1CNc2ccccc21. The van der Waals surface area contributed by atoms with Crippen LogP contribution in [0.3, 0.4) is 0 Å². The fraction of sp³-hybridized carbons (Fsp3) is 0.143. The summed E-state index contributed by atoms with van der Waals surface area (Å²) in [7, 11) is 0. The Kier molecular flexibility index (Phi) is 2.48. The predicted octanol–water partition coefficient (Wildman–Crippen LogP) is 2.06. The lowest BCUT2D eigenvalue weighted by atomic mass is 9.92. The van der Waals surface area contributed by atoms with Crippen molar-refractivity contribution < 1.29 is 4.79 Å². The average Bonchev–Trinajstić information content (AvgIpc) is 2.82. The molecule has 1 aromatic carbocycles. The van der Waals surface area contributed by atoms with E-state index in [4.69, 9.17) is 5.73 Å². The highest BCUT2D eigenvalue weighted by Gasteiger charge is 2.29. The van der Waals surface area contributed by atoms with Crippen LogP contribution in [0.15, 0.2) is 42.7 Å². The number of para-hydroxylation sites is 1. The topological polar surface area (TPSA) is 68.0 Å². The summed E-state index contributed by atoms with van der Waals surface area (Å²) in [5, 5.41) is 3.24. The van der Waals surface area contributed by atoms with Gasteiger partial charge in [0.25, 0.3) is 0 Å². The molecule has 0 spiro atoms. The lowest BCUT2D eigenvalue weighted by molar-refractivity contribution is 0.0967. The van der Waals surface area contributed by atoms with Gasteiger partial charge < -0.3 is 11.1 Å². The number of anilines is 2. The summed E-state index contributed by atoms with van der Waals surface area (Å²) in [4.78, 5) is 16.4. The van der Waals surface area contributed by atoms with E-state index in [1.807, 2.05) is 24.3 Å². The predicted molar refractivity (Wildman–Crippen MR) is 70.7 cm³/mol. The molecule has 0 fully saturated rings. The standard InChI is InChI=1S/C14H13N3O/c15-12-5-6-16-7-11(12)14(18)10-8-17-13-4-2-1-3-9(10)13/h1-7,10,17H,8H2,(H2,15,16). The second kappa shape index (κ2) is 4.14. The molecule has 0 radical (unpaired) electrons. The molecule has 0 saturated carbocycles. The molecule has 0 bridgehead atoms. The van der Waals surface area contributed by atoms with E-state index >= 15 is 0 Å². The van der Waals surface area contributed by atoms with Crippen LogP contribution in [0.4, 0.5) is 11.4 Å². The lowest BCUT2D eigenvalue weighted by Crippen LogP contribution is -2.16. The number of ketones is 1. The second-order valence-electron chi connectivity index (χ2n) is 4.35. The average molecular weight is 239 g/mol. The Bertz CT molecular complexity index is 609. The zero-order valence-electron chi connectivity index (χ0n) is 9.76. The van der Waals surface area contributed by atoms with Crippen molar-refractivity contribution in [3.05, 3.63) is 53.9 Å². The zero-order valence-corrected chi connectivity index (χ0v) is 9.76. The molecule has 18 heavy (non-hydrogen) atoms. The van der Waals surface area contributed by atoms with Crippen LogP contribution in [0.1, 0.15) is 21.8 Å². The van der Waals surface area contributed by atoms with Gasteiger partial charge in [0.15, 0.2) is 5.78 Å². The number of carbonyl (C=O) groups excluding carboxylic acids is 1. The van der Waals surface area contributed by atoms with E-state index in [2.05, 4.69) is 10.3 Å². The van der Waals surface area contributed by atoms with Gasteiger partial charge in [-0.1, -0.05) is 18.2 Å². The number of nitrogens with zero attached hydrogens (tertiary/aromatic N) is 1. The van der Waals surface area contributed by atoms with Gasteiger partial charge in [-0.3, -0.25) is 9.78 Å². The van der Waals surface area contributed by atoms with E-state index in [-0.39, 0.29) is 11.7 Å². The summed E-state index contributed by atoms with van der Waals surface area (Å²) in [6.07, 6.45) is 3.13. The van der Waals surface area contributed by atoms with Crippen LogP contribution in [-0.2, 0) is 0 Å². The number of Topliss-reactive ketones (excluding diaryl/α,β-unsaturated/α-hetero) is 1. The van der Waals surface area contributed by atoms with Crippen molar-refractivity contribution >= 4 is 17.2 Å². The highest BCUT2D eigenvalue weighted by molar-refractivity contribution is 6.06. The Morgan fingerprint density at radius 1 is 1.33 bits per heavy atom. The van der Waals surface area contributed by atoms with Crippen LogP contribution in [0, 0.1) is 0 Å². The van der Waals surface area contributed by atoms with Crippen molar-refractivity contribution in [1.82, 2.24) is 4.98 Å². The number of nitrogens with one attached hydrogen (secondary N) is 1. The minimum absolute atomic E-state index is 0.0260. The molecule has 2 heterocycles. The van der Waals surface area contributed by atoms with Crippen molar-refractivity contribution in [1.29, 1.82) is 0 Å². The first-order valence-electron chi connectivity index (χ1n) is 5.84. The van der Waals surface area contributed by atoms with Crippen LogP contribution in [0.2, 0.25) is 0 Å². The van der Waals surface area contributed by atoms with Crippen LogP contribution in [-0.4, -0.2) is 17.3 Å². The van der Waals surface area contributed by atoms with E-state index in [0.717, 1.165) is 11.3 Å². The number of hydrogen-bond donors (Lipinski definition) is 2. The van der Waals surface area contributed by atoms with Crippen LogP contribution < -0.4 is 11.1 Å². The molecule has 1 aromatic heterocycles. The van der Waals surface area contributed by atoms with Crippen molar-refractivity contribution in [2.45, 2.75) is 5.92 Å². The molecule has 4 nitrogen and oxygen atoms in total. The first kappa shape index (κ1) is 10.8. The lowest BCUT2D eigenvalue weighted by Gasteiger charge is -2.10. The molecule has 0 aliphatic carbocycles. The van der Waals surface area contributed by atoms with Crippen LogP contribution in [0.25, 0.3) is 0 Å². The molecule has 1 aliphatic heterocycles. The number of fused-ring (bicyclic) bond motifs is 1. The third-order valence-corrected chi connectivity index (χ3v) is 3.27. The van der Waals surface area contributed by atoms with Gasteiger partial charge in [0.1, 0.15) is 0 Å². The van der Waals surface area contributed by atoms with E-state index in [9.17, 15) is 4.79 Å². The van der Waals surface area contributed by atoms with Gasteiger partial charge in [-0.25, -0.2) is 0 Å². The van der Waals surface area contributed by atoms with E-state index < -0.39 is 0 Å². The van der Waals surface area contributed by atoms with Gasteiger partial charge in [0.2, 0.25) is 0 Å². The Morgan fingerprint density at radius 2 is 2.17 bits per heavy atom. The molecule has 2 aromatic rings. The second-order valence-corrected chi connectivity index (χ2v) is 4.35. The molecule has 0 amide bonds. The van der Waals surface area contributed by atoms with Gasteiger partial charge in [-0.15, -0.1) is 0 Å². The quantitative estimate of drug-likeness (QED) is 0.787. The number of carbonyl (C=O) groups is 1. The van der Waals surface area contributed by atoms with Crippen LogP contribution in [0.5, 0.6) is 0 Å². The highest BCUT2D eigenvalue weighted by Crippen LogP contribution is 2.34. The summed E-state index contributed by atoms with van der Waals surface area (Å²) in [6, 6.07) is 9.51. The largest absolute Gasteiger partial charge is 0.398 e.